The third kappa shape index (κ3) is 8.77. The van der Waals surface area contributed by atoms with Gasteiger partial charge in [0.1, 0.15) is 24.4 Å². The van der Waals surface area contributed by atoms with Gasteiger partial charge in [0.25, 0.3) is 0 Å². The van der Waals surface area contributed by atoms with Gasteiger partial charge in [0, 0.05) is 13.2 Å². The Morgan fingerprint density at radius 3 is 1.17 bits per heavy atom. The standard InChI is InChI=1S/C22H42O7/c1-7-9-11-23-13-17-19(28-21(3,4)26-17)15-25-16-20-18(14-24-12-10-8-2)27-22(5,6)29-20/h17-20H,7-16H2,1-6H3. The molecule has 0 saturated carbocycles. The van der Waals surface area contributed by atoms with E-state index in [-0.39, 0.29) is 24.4 Å². The molecule has 2 fully saturated rings. The zero-order chi connectivity index (χ0) is 21.3. The highest BCUT2D eigenvalue weighted by molar-refractivity contribution is 4.84. The van der Waals surface area contributed by atoms with Crippen LogP contribution < -0.4 is 0 Å². The Morgan fingerprint density at radius 1 is 0.552 bits per heavy atom. The van der Waals surface area contributed by atoms with E-state index in [4.69, 9.17) is 33.2 Å². The molecule has 0 aromatic heterocycles. The van der Waals surface area contributed by atoms with Crippen molar-refractivity contribution >= 4 is 0 Å². The lowest BCUT2D eigenvalue weighted by molar-refractivity contribution is -0.160. The van der Waals surface area contributed by atoms with Crippen LogP contribution in [0.25, 0.3) is 0 Å². The highest BCUT2D eigenvalue weighted by atomic mass is 16.8. The van der Waals surface area contributed by atoms with E-state index in [0.717, 1.165) is 38.9 Å². The third-order valence-electron chi connectivity index (χ3n) is 4.98. The summed E-state index contributed by atoms with van der Waals surface area (Å²) in [7, 11) is 0. The minimum Gasteiger partial charge on any atom is -0.379 e. The van der Waals surface area contributed by atoms with Crippen molar-refractivity contribution in [3.8, 4) is 0 Å². The second kappa shape index (κ2) is 11.9. The normalized spacial score (nSPS) is 30.8. The smallest absolute Gasteiger partial charge is 0.163 e. The molecule has 0 N–H and O–H groups in total. The maximum Gasteiger partial charge on any atom is 0.163 e. The SMILES string of the molecule is CCCCOCC1OC(C)(C)OC1COCC1OC(C)(C)OC1COCCCC. The van der Waals surface area contributed by atoms with Crippen LogP contribution in [0.15, 0.2) is 0 Å². The van der Waals surface area contributed by atoms with Crippen molar-refractivity contribution in [2.45, 2.75) is 103 Å². The van der Waals surface area contributed by atoms with Gasteiger partial charge in [0.15, 0.2) is 11.6 Å². The zero-order valence-corrected chi connectivity index (χ0v) is 19.2. The van der Waals surface area contributed by atoms with E-state index in [1.54, 1.807) is 0 Å². The lowest BCUT2D eigenvalue weighted by Gasteiger charge is -2.20. The highest BCUT2D eigenvalue weighted by Gasteiger charge is 2.43. The van der Waals surface area contributed by atoms with Gasteiger partial charge in [-0.2, -0.15) is 0 Å². The molecular weight excluding hydrogens is 376 g/mol. The average molecular weight is 419 g/mol. The molecule has 172 valence electrons. The van der Waals surface area contributed by atoms with E-state index in [1.807, 2.05) is 27.7 Å². The summed E-state index contributed by atoms with van der Waals surface area (Å²) in [6.45, 7) is 15.4. The van der Waals surface area contributed by atoms with E-state index >= 15 is 0 Å². The number of hydrogen-bond donors (Lipinski definition) is 0. The first-order valence-electron chi connectivity index (χ1n) is 11.2. The molecule has 0 spiro atoms. The minimum atomic E-state index is -0.628. The Bertz CT molecular complexity index is 414. The van der Waals surface area contributed by atoms with Crippen molar-refractivity contribution in [3.05, 3.63) is 0 Å². The van der Waals surface area contributed by atoms with Crippen LogP contribution in [0, 0.1) is 0 Å². The summed E-state index contributed by atoms with van der Waals surface area (Å²) >= 11 is 0. The molecule has 2 rings (SSSR count). The number of ether oxygens (including phenoxy) is 7. The molecule has 0 aliphatic carbocycles. The van der Waals surface area contributed by atoms with Crippen LogP contribution in [0.3, 0.4) is 0 Å². The topological polar surface area (TPSA) is 64.6 Å². The fraction of sp³-hybridized carbons (Fsp3) is 1.00. The van der Waals surface area contributed by atoms with Crippen molar-refractivity contribution in [2.75, 3.05) is 39.6 Å². The van der Waals surface area contributed by atoms with Crippen LogP contribution in [-0.2, 0) is 33.2 Å². The number of unbranched alkanes of at least 4 members (excludes halogenated alkanes) is 2. The van der Waals surface area contributed by atoms with Gasteiger partial charge in [-0.25, -0.2) is 0 Å². The molecule has 4 atom stereocenters. The summed E-state index contributed by atoms with van der Waals surface area (Å²) < 4.78 is 41.5. The van der Waals surface area contributed by atoms with Gasteiger partial charge in [0.2, 0.25) is 0 Å². The van der Waals surface area contributed by atoms with E-state index in [1.165, 1.54) is 0 Å². The largest absolute Gasteiger partial charge is 0.379 e. The maximum absolute atomic E-state index is 6.02. The molecule has 0 radical (unpaired) electrons. The molecule has 0 bridgehead atoms. The predicted molar refractivity (Wildman–Crippen MR) is 110 cm³/mol. The van der Waals surface area contributed by atoms with E-state index < -0.39 is 11.6 Å². The molecule has 2 aliphatic rings. The predicted octanol–water partition coefficient (Wildman–Crippen LogP) is 3.68. The summed E-state index contributed by atoms with van der Waals surface area (Å²) in [4.78, 5) is 0. The minimum absolute atomic E-state index is 0.132. The van der Waals surface area contributed by atoms with Crippen molar-refractivity contribution in [1.29, 1.82) is 0 Å². The van der Waals surface area contributed by atoms with Crippen molar-refractivity contribution in [2.24, 2.45) is 0 Å². The van der Waals surface area contributed by atoms with Crippen molar-refractivity contribution in [3.63, 3.8) is 0 Å². The number of hydrogen-bond acceptors (Lipinski definition) is 7. The van der Waals surface area contributed by atoms with Gasteiger partial charge in [-0.3, -0.25) is 0 Å². The molecule has 4 unspecified atom stereocenters. The zero-order valence-electron chi connectivity index (χ0n) is 19.2. The molecule has 2 aliphatic heterocycles. The number of rotatable bonds is 14. The van der Waals surface area contributed by atoms with Crippen LogP contribution in [0.2, 0.25) is 0 Å². The monoisotopic (exact) mass is 418 g/mol. The lowest BCUT2D eigenvalue weighted by atomic mass is 10.2. The first kappa shape index (κ1) is 25.0. The molecule has 29 heavy (non-hydrogen) atoms. The Hall–Kier alpha value is -0.280. The Balaban J connectivity index is 1.77. The van der Waals surface area contributed by atoms with E-state index in [9.17, 15) is 0 Å². The summed E-state index contributed by atoms with van der Waals surface area (Å²) in [5, 5.41) is 0. The van der Waals surface area contributed by atoms with Crippen LogP contribution in [0.1, 0.15) is 67.2 Å². The Morgan fingerprint density at radius 2 is 0.862 bits per heavy atom. The third-order valence-corrected chi connectivity index (χ3v) is 4.98. The summed E-state index contributed by atoms with van der Waals surface area (Å²) in [5.41, 5.74) is 0. The fourth-order valence-electron chi connectivity index (χ4n) is 3.57. The first-order valence-corrected chi connectivity index (χ1v) is 11.2. The summed E-state index contributed by atoms with van der Waals surface area (Å²) in [6.07, 6.45) is 3.73. The molecule has 0 amide bonds. The molecule has 2 saturated heterocycles. The molecule has 7 nitrogen and oxygen atoms in total. The second-order valence-corrected chi connectivity index (χ2v) is 8.82. The Labute approximate surface area is 176 Å². The van der Waals surface area contributed by atoms with Crippen LogP contribution in [0.5, 0.6) is 0 Å². The average Bonchev–Trinajstić information content (AvgIpc) is 3.10. The molecular formula is C22H42O7. The van der Waals surface area contributed by atoms with Gasteiger partial charge in [-0.1, -0.05) is 26.7 Å². The first-order chi connectivity index (χ1) is 13.8. The lowest BCUT2D eigenvalue weighted by Crippen LogP contribution is -2.36. The molecule has 7 heteroatoms. The highest BCUT2D eigenvalue weighted by Crippen LogP contribution is 2.31. The second-order valence-electron chi connectivity index (χ2n) is 8.82. The van der Waals surface area contributed by atoms with Crippen LogP contribution in [-0.4, -0.2) is 75.6 Å². The van der Waals surface area contributed by atoms with Crippen molar-refractivity contribution in [1.82, 2.24) is 0 Å². The Kier molecular flexibility index (Phi) is 10.3. The van der Waals surface area contributed by atoms with Gasteiger partial charge >= 0.3 is 0 Å². The van der Waals surface area contributed by atoms with E-state index in [0.29, 0.717) is 26.4 Å². The van der Waals surface area contributed by atoms with Gasteiger partial charge in [0.05, 0.1) is 26.4 Å². The fourth-order valence-corrected chi connectivity index (χ4v) is 3.57. The van der Waals surface area contributed by atoms with Gasteiger partial charge < -0.3 is 33.2 Å². The van der Waals surface area contributed by atoms with Gasteiger partial charge in [-0.05, 0) is 40.5 Å². The van der Waals surface area contributed by atoms with Gasteiger partial charge in [-0.15, -0.1) is 0 Å². The summed E-state index contributed by atoms with van der Waals surface area (Å²) in [5.74, 6) is -1.26. The summed E-state index contributed by atoms with van der Waals surface area (Å²) in [6, 6.07) is 0. The quantitative estimate of drug-likeness (QED) is 0.399. The van der Waals surface area contributed by atoms with Crippen LogP contribution in [0.4, 0.5) is 0 Å². The van der Waals surface area contributed by atoms with Crippen LogP contribution >= 0.6 is 0 Å². The maximum atomic E-state index is 6.02. The van der Waals surface area contributed by atoms with E-state index in [2.05, 4.69) is 13.8 Å². The van der Waals surface area contributed by atoms with Crippen molar-refractivity contribution < 1.29 is 33.2 Å². The molecule has 0 aromatic rings. The molecule has 0 aromatic carbocycles. The molecule has 2 heterocycles.